The van der Waals surface area contributed by atoms with Gasteiger partial charge in [-0.25, -0.2) is 0 Å². The van der Waals surface area contributed by atoms with Crippen LogP contribution in [-0.2, 0) is 9.05 Å². The third kappa shape index (κ3) is 2.85. The Balaban J connectivity index is 2.48. The summed E-state index contributed by atoms with van der Waals surface area (Å²) in [7, 11) is 0. The van der Waals surface area contributed by atoms with Gasteiger partial charge in [-0.2, -0.15) is 0 Å². The molecule has 31 heavy (non-hydrogen) atoms. The van der Waals surface area contributed by atoms with Gasteiger partial charge in [0.25, 0.3) is 0 Å². The molecule has 1 saturated heterocycles. The van der Waals surface area contributed by atoms with Crippen molar-refractivity contribution in [2.75, 3.05) is 6.26 Å². The van der Waals surface area contributed by atoms with Gasteiger partial charge in [-0.3, -0.25) is 0 Å². The first-order valence-corrected chi connectivity index (χ1v) is 11.2. The van der Waals surface area contributed by atoms with Crippen LogP contribution in [-0.4, -0.2) is 42.2 Å². The average Bonchev–Trinajstić information content (AvgIpc) is 3.06. The quantitative estimate of drug-likeness (QED) is 0.305. The van der Waals surface area contributed by atoms with E-state index >= 15 is 0 Å². The molecule has 18 heteroatoms. The Hall–Kier alpha value is -1.32. The molecule has 0 radical (unpaired) electrons. The first-order chi connectivity index (χ1) is 13.7. The van der Waals surface area contributed by atoms with Crippen molar-refractivity contribution < 1.29 is 70.8 Å². The molecule has 1 spiro atoms. The van der Waals surface area contributed by atoms with Crippen molar-refractivity contribution in [1.29, 1.82) is 0 Å². The minimum absolute atomic E-state index is 0.518. The van der Waals surface area contributed by atoms with Crippen LogP contribution in [0, 0.1) is 0 Å². The van der Waals surface area contributed by atoms with E-state index < -0.39 is 65.5 Å². The molecule has 178 valence electrons. The molecule has 0 bridgehead atoms. The number of fused-ring (bicyclic) bond motifs is 1. The van der Waals surface area contributed by atoms with Gasteiger partial charge in [-0.05, 0) is 0 Å². The Morgan fingerprint density at radius 3 is 1.16 bits per heavy atom. The van der Waals surface area contributed by atoms with Crippen molar-refractivity contribution in [3.05, 3.63) is 24.3 Å². The van der Waals surface area contributed by atoms with Crippen molar-refractivity contribution in [2.24, 2.45) is 0 Å². The van der Waals surface area contributed by atoms with E-state index in [4.69, 9.17) is 9.05 Å². The first kappa shape index (κ1) is 24.3. The standard InChI is InChI=1S/C13H7F12O4PS/c1-31-30(26-6-4-2-3-5-7(6)27-30)28-8(10(14,15)16,11(17,18)19)9(29-30,12(20,21)22)13(23,24)25/h2-5H,1H3. The summed E-state index contributed by atoms with van der Waals surface area (Å²) in [6.07, 6.45) is -28.9. The summed E-state index contributed by atoms with van der Waals surface area (Å²) in [4.78, 5) is 0. The topological polar surface area (TPSA) is 36.9 Å². The number of alkyl halides is 12. The Bertz CT molecular complexity index is 795. The molecule has 2 aliphatic heterocycles. The Labute approximate surface area is 167 Å². The van der Waals surface area contributed by atoms with Crippen molar-refractivity contribution >= 4 is 18.1 Å². The van der Waals surface area contributed by atoms with Gasteiger partial charge in [-0.15, -0.1) is 0 Å². The molecule has 0 unspecified atom stereocenters. The van der Waals surface area contributed by atoms with Gasteiger partial charge in [-0.1, -0.05) is 0 Å². The Morgan fingerprint density at radius 2 is 0.935 bits per heavy atom. The molecule has 1 aromatic carbocycles. The fraction of sp³-hybridized carbons (Fsp3) is 0.538. The second-order valence-electron chi connectivity index (χ2n) is 6.09. The first-order valence-electron chi connectivity index (χ1n) is 7.48. The van der Waals surface area contributed by atoms with Gasteiger partial charge in [0.15, 0.2) is 0 Å². The molecule has 4 nitrogen and oxygen atoms in total. The van der Waals surface area contributed by atoms with E-state index in [0.29, 0.717) is 6.26 Å². The molecular weight excluding hydrogens is 511 g/mol. The summed E-state index contributed by atoms with van der Waals surface area (Å²) < 4.78 is 181. The van der Waals surface area contributed by atoms with Gasteiger partial charge in [0.2, 0.25) is 0 Å². The van der Waals surface area contributed by atoms with Crippen LogP contribution in [0.1, 0.15) is 0 Å². The van der Waals surface area contributed by atoms with Crippen LogP contribution in [0.5, 0.6) is 11.5 Å². The van der Waals surface area contributed by atoms with Crippen molar-refractivity contribution in [3.63, 3.8) is 0 Å². The van der Waals surface area contributed by atoms with E-state index in [9.17, 15) is 52.7 Å². The molecule has 1 fully saturated rings. The zero-order chi connectivity index (χ0) is 24.0. The summed E-state index contributed by atoms with van der Waals surface area (Å²) in [6, 6.07) is 3.75. The molecule has 0 saturated carbocycles. The van der Waals surface area contributed by atoms with Crippen LogP contribution in [0.3, 0.4) is 0 Å². The minimum atomic E-state index is -7.35. The molecule has 3 rings (SSSR count). The van der Waals surface area contributed by atoms with Crippen molar-refractivity contribution in [2.45, 2.75) is 35.9 Å². The summed E-state index contributed by atoms with van der Waals surface area (Å²) in [5.41, 5.74) is -14.0. The van der Waals surface area contributed by atoms with Gasteiger partial charge in [0.1, 0.15) is 0 Å². The van der Waals surface area contributed by atoms with Crippen LogP contribution in [0.4, 0.5) is 52.7 Å². The van der Waals surface area contributed by atoms with E-state index in [0.717, 1.165) is 24.3 Å². The zero-order valence-corrected chi connectivity index (χ0v) is 16.0. The van der Waals surface area contributed by atoms with Crippen LogP contribution in [0.25, 0.3) is 0 Å². The molecule has 1 aromatic rings. The normalized spacial score (nSPS) is 25.3. The number of benzene rings is 1. The van der Waals surface area contributed by atoms with Crippen molar-refractivity contribution in [3.8, 4) is 11.5 Å². The fourth-order valence-electron chi connectivity index (χ4n) is 3.09. The Kier molecular flexibility index (Phi) is 4.84. The molecule has 2 aliphatic rings. The fourth-order valence-corrected chi connectivity index (χ4v) is 8.16. The Morgan fingerprint density at radius 1 is 0.645 bits per heavy atom. The predicted octanol–water partition coefficient (Wildman–Crippen LogP) is 6.72. The van der Waals surface area contributed by atoms with Gasteiger partial charge in [0, 0.05) is 0 Å². The number of hydrogen-bond donors (Lipinski definition) is 0. The number of rotatable bonds is 1. The maximum atomic E-state index is 13.7. The third-order valence-electron chi connectivity index (χ3n) is 4.31. The van der Waals surface area contributed by atoms with Crippen LogP contribution in [0.2, 0.25) is 0 Å². The van der Waals surface area contributed by atoms with Crippen LogP contribution >= 0.6 is 18.1 Å². The monoisotopic (exact) mass is 518 g/mol. The molecule has 0 amide bonds. The van der Waals surface area contributed by atoms with Gasteiger partial charge < -0.3 is 0 Å². The molecule has 0 atom stereocenters. The summed E-state index contributed by atoms with van der Waals surface area (Å²) in [5, 5.41) is 0. The van der Waals surface area contributed by atoms with E-state index in [1.807, 2.05) is 0 Å². The molecule has 2 heterocycles. The number of para-hydroxylation sites is 2. The van der Waals surface area contributed by atoms with Gasteiger partial charge in [0.05, 0.1) is 0 Å². The maximum absolute atomic E-state index is 13.7. The average molecular weight is 518 g/mol. The summed E-state index contributed by atoms with van der Waals surface area (Å²) in [5.74, 6) is -1.57. The van der Waals surface area contributed by atoms with E-state index in [1.54, 1.807) is 0 Å². The van der Waals surface area contributed by atoms with Crippen molar-refractivity contribution in [1.82, 2.24) is 0 Å². The summed E-state index contributed by atoms with van der Waals surface area (Å²) >= 11 is -0.543. The van der Waals surface area contributed by atoms with Gasteiger partial charge >= 0.3 is 167 Å². The molecule has 0 aliphatic carbocycles. The molecule has 0 aromatic heterocycles. The zero-order valence-electron chi connectivity index (χ0n) is 14.3. The SMILES string of the molecule is CSP12(Oc3ccccc3O1)OC(C(F)(F)F)(C(F)(F)F)C(C(F)(F)F)(C(F)(F)F)O2. The number of hydrogen-bond acceptors (Lipinski definition) is 5. The van der Waals surface area contributed by atoms with E-state index in [1.165, 1.54) is 0 Å². The molecule has 0 N–H and O–H groups in total. The van der Waals surface area contributed by atoms with E-state index in [2.05, 4.69) is 9.05 Å². The predicted molar refractivity (Wildman–Crippen MR) is 80.0 cm³/mol. The van der Waals surface area contributed by atoms with Crippen LogP contribution < -0.4 is 9.05 Å². The summed E-state index contributed by atoms with van der Waals surface area (Å²) in [6.45, 7) is -6.98. The number of halogens is 12. The van der Waals surface area contributed by atoms with Crippen LogP contribution in [0.15, 0.2) is 24.3 Å². The second-order valence-corrected chi connectivity index (χ2v) is 11.6. The second kappa shape index (κ2) is 6.17. The third-order valence-corrected chi connectivity index (χ3v) is 9.72. The molecular formula is C13H7F12O4PS. The van der Waals surface area contributed by atoms with E-state index in [-0.39, 0.29) is 0 Å².